The van der Waals surface area contributed by atoms with Crippen LogP contribution in [0.5, 0.6) is 0 Å². The number of thioether (sulfide) groups is 1. The molecule has 2 fully saturated rings. The highest BCUT2D eigenvalue weighted by Crippen LogP contribution is 2.52. The second kappa shape index (κ2) is 12.3. The fraction of sp³-hybridized carbons (Fsp3) is 0.464. The van der Waals surface area contributed by atoms with E-state index in [9.17, 15) is 24.3 Å². The number of aliphatic hydroxyl groups excluding tert-OH is 1. The Balaban J connectivity index is 1.60. The van der Waals surface area contributed by atoms with Crippen LogP contribution >= 0.6 is 11.8 Å². The van der Waals surface area contributed by atoms with Crippen molar-refractivity contribution in [2.75, 3.05) is 19.8 Å². The molecule has 0 radical (unpaired) electrons. The lowest BCUT2D eigenvalue weighted by Gasteiger charge is -2.46. The molecule has 3 amide bonds. The summed E-state index contributed by atoms with van der Waals surface area (Å²) in [4.78, 5) is 58.4. The molecule has 12 heteroatoms. The smallest absolute Gasteiger partial charge is 0.410 e. The van der Waals surface area contributed by atoms with Crippen LogP contribution in [0.25, 0.3) is 0 Å². The average molecular weight is 571 g/mol. The number of nitrogens with two attached hydrogens (primary N) is 1. The van der Waals surface area contributed by atoms with Crippen molar-refractivity contribution in [3.05, 3.63) is 65.5 Å². The van der Waals surface area contributed by atoms with Gasteiger partial charge in [-0.05, 0) is 37.5 Å². The fourth-order valence-corrected chi connectivity index (χ4v) is 7.21. The first-order valence-electron chi connectivity index (χ1n) is 13.1. The number of aromatic nitrogens is 1. The lowest BCUT2D eigenvalue weighted by atomic mass is 9.79. The molecular weight excluding hydrogens is 536 g/mol. The first-order valence-corrected chi connectivity index (χ1v) is 14.0. The van der Waals surface area contributed by atoms with Gasteiger partial charge in [0, 0.05) is 34.9 Å². The van der Waals surface area contributed by atoms with Crippen molar-refractivity contribution in [2.24, 2.45) is 17.6 Å². The summed E-state index contributed by atoms with van der Waals surface area (Å²) >= 11 is 1.44. The van der Waals surface area contributed by atoms with E-state index in [-0.39, 0.29) is 53.8 Å². The SMILES string of the molecule is C=CCOC(=O)C1=C(S[C@H]2C[C@@H](Cc3ccnc(C(N)=O)c3)N(C(=O)OCC=C)C2)[C@H](C)[C@@H]2[C@@H]([C@@H](C)O)C(=O)N12. The Morgan fingerprint density at radius 3 is 2.62 bits per heavy atom. The van der Waals surface area contributed by atoms with E-state index in [1.54, 1.807) is 24.0 Å². The lowest BCUT2D eigenvalue weighted by molar-refractivity contribution is -0.164. The van der Waals surface area contributed by atoms with Gasteiger partial charge in [0.05, 0.1) is 18.1 Å². The molecule has 0 unspecified atom stereocenters. The number of rotatable bonds is 11. The fourth-order valence-electron chi connectivity index (χ4n) is 5.65. The van der Waals surface area contributed by atoms with Gasteiger partial charge >= 0.3 is 12.1 Å². The first-order chi connectivity index (χ1) is 19.1. The predicted octanol–water partition coefficient (Wildman–Crippen LogP) is 2.02. The average Bonchev–Trinajstić information content (AvgIpc) is 3.42. The Morgan fingerprint density at radius 2 is 1.98 bits per heavy atom. The zero-order chi connectivity index (χ0) is 29.1. The molecule has 3 aliphatic rings. The van der Waals surface area contributed by atoms with Gasteiger partial charge in [-0.2, -0.15) is 0 Å². The number of primary amides is 1. The number of amides is 3. The van der Waals surface area contributed by atoms with Crippen LogP contribution in [0.3, 0.4) is 0 Å². The summed E-state index contributed by atoms with van der Waals surface area (Å²) in [5.41, 5.74) is 6.51. The minimum atomic E-state index is -0.859. The summed E-state index contributed by atoms with van der Waals surface area (Å²) in [6.07, 6.45) is 4.09. The van der Waals surface area contributed by atoms with E-state index in [0.29, 0.717) is 24.3 Å². The third kappa shape index (κ3) is 5.64. The third-order valence-electron chi connectivity index (χ3n) is 7.41. The number of carbonyl (C=O) groups is 4. The molecule has 1 aromatic heterocycles. The molecule has 0 spiro atoms. The van der Waals surface area contributed by atoms with Gasteiger partial charge < -0.3 is 30.1 Å². The van der Waals surface area contributed by atoms with Crippen molar-refractivity contribution in [3.63, 3.8) is 0 Å². The maximum atomic E-state index is 13.1. The third-order valence-corrected chi connectivity index (χ3v) is 8.91. The van der Waals surface area contributed by atoms with E-state index in [1.165, 1.54) is 35.0 Å². The molecule has 1 aromatic rings. The normalized spacial score (nSPS) is 26.2. The molecule has 214 valence electrons. The maximum absolute atomic E-state index is 13.1. The van der Waals surface area contributed by atoms with Crippen LogP contribution in [0.1, 0.15) is 36.3 Å². The molecule has 3 aliphatic heterocycles. The van der Waals surface area contributed by atoms with Gasteiger partial charge in [0.25, 0.3) is 5.91 Å². The summed E-state index contributed by atoms with van der Waals surface area (Å²) in [6, 6.07) is 2.76. The minimum Gasteiger partial charge on any atom is -0.457 e. The summed E-state index contributed by atoms with van der Waals surface area (Å²) < 4.78 is 10.7. The predicted molar refractivity (Wildman–Crippen MR) is 148 cm³/mol. The molecule has 4 rings (SSSR count). The molecule has 0 saturated carbocycles. The van der Waals surface area contributed by atoms with E-state index in [4.69, 9.17) is 15.2 Å². The molecule has 0 bridgehead atoms. The van der Waals surface area contributed by atoms with Crippen molar-refractivity contribution in [1.29, 1.82) is 0 Å². The zero-order valence-corrected chi connectivity index (χ0v) is 23.3. The Morgan fingerprint density at radius 1 is 1.27 bits per heavy atom. The number of β-lactam (4-membered cyclic amide) rings is 1. The molecule has 11 nitrogen and oxygen atoms in total. The Labute approximate surface area is 237 Å². The van der Waals surface area contributed by atoms with Gasteiger partial charge in [-0.25, -0.2) is 9.59 Å². The quantitative estimate of drug-likeness (QED) is 0.231. The summed E-state index contributed by atoms with van der Waals surface area (Å²) in [7, 11) is 0. The van der Waals surface area contributed by atoms with E-state index < -0.39 is 30.0 Å². The van der Waals surface area contributed by atoms with E-state index in [0.717, 1.165) is 5.56 Å². The topological polar surface area (TPSA) is 152 Å². The molecule has 2 saturated heterocycles. The van der Waals surface area contributed by atoms with Crippen LogP contribution in [0.2, 0.25) is 0 Å². The van der Waals surface area contributed by atoms with E-state index in [1.807, 2.05) is 6.92 Å². The molecule has 40 heavy (non-hydrogen) atoms. The van der Waals surface area contributed by atoms with Crippen LogP contribution in [0.15, 0.2) is 54.2 Å². The van der Waals surface area contributed by atoms with Crippen molar-refractivity contribution >= 4 is 35.6 Å². The maximum Gasteiger partial charge on any atom is 0.410 e. The van der Waals surface area contributed by atoms with E-state index >= 15 is 0 Å². The Kier molecular flexibility index (Phi) is 8.99. The highest BCUT2D eigenvalue weighted by molar-refractivity contribution is 8.03. The monoisotopic (exact) mass is 570 g/mol. The lowest BCUT2D eigenvalue weighted by Crippen LogP contribution is -2.63. The van der Waals surface area contributed by atoms with Crippen molar-refractivity contribution < 1.29 is 33.8 Å². The molecular formula is C28H34N4O7S. The summed E-state index contributed by atoms with van der Waals surface area (Å²) in [5, 5.41) is 10.1. The first kappa shape index (κ1) is 29.3. The molecule has 3 N–H and O–H groups in total. The highest BCUT2D eigenvalue weighted by atomic mass is 32.2. The summed E-state index contributed by atoms with van der Waals surface area (Å²) in [5.74, 6) is -2.40. The van der Waals surface area contributed by atoms with Crippen LogP contribution in [0, 0.1) is 11.8 Å². The Bertz CT molecular complexity index is 1250. The van der Waals surface area contributed by atoms with Crippen molar-refractivity contribution in [3.8, 4) is 0 Å². The van der Waals surface area contributed by atoms with Gasteiger partial charge in [0.1, 0.15) is 24.6 Å². The largest absolute Gasteiger partial charge is 0.457 e. The number of carbonyl (C=O) groups excluding carboxylic acids is 4. The zero-order valence-electron chi connectivity index (χ0n) is 22.5. The number of nitrogens with zero attached hydrogens (tertiary/aromatic N) is 3. The van der Waals surface area contributed by atoms with Crippen molar-refractivity contribution in [1.82, 2.24) is 14.8 Å². The number of aliphatic hydroxyl groups is 1. The van der Waals surface area contributed by atoms with Crippen molar-refractivity contribution in [2.45, 2.75) is 50.1 Å². The molecule has 4 heterocycles. The van der Waals surface area contributed by atoms with Gasteiger partial charge in [-0.15, -0.1) is 11.8 Å². The number of ether oxygens (including phenoxy) is 2. The molecule has 0 aromatic carbocycles. The van der Waals surface area contributed by atoms with Gasteiger partial charge in [-0.1, -0.05) is 32.2 Å². The molecule has 0 aliphatic carbocycles. The molecule has 6 atom stereocenters. The number of fused-ring (bicyclic) bond motifs is 1. The number of esters is 1. The van der Waals surface area contributed by atoms with Crippen LogP contribution in [-0.2, 0) is 25.5 Å². The standard InChI is InChI=1S/C28H34N4O7S/c1-5-9-38-27(36)23-24(15(3)22-21(16(4)33)26(35)32(22)23)40-19-13-18(31(14-19)28(37)39-10-6-2)11-17-7-8-30-20(12-17)25(29)34/h5-8,12,15-16,18-19,21-22,33H,1-2,9-11,13-14H2,3-4H3,(H2,29,34)/t15-,16-,18-,19+,21-,22-/m1/s1. The van der Waals surface area contributed by atoms with Crippen LogP contribution in [0.4, 0.5) is 4.79 Å². The Hall–Kier alpha value is -3.64. The van der Waals surface area contributed by atoms with E-state index in [2.05, 4.69) is 18.1 Å². The highest BCUT2D eigenvalue weighted by Gasteiger charge is 2.60. The second-order valence-electron chi connectivity index (χ2n) is 10.1. The summed E-state index contributed by atoms with van der Waals surface area (Å²) in [6.45, 7) is 11.1. The number of hydrogen-bond acceptors (Lipinski definition) is 9. The van der Waals surface area contributed by atoms with Crippen LogP contribution in [-0.4, -0.2) is 87.0 Å². The number of likely N-dealkylation sites (tertiary alicyclic amines) is 1. The van der Waals surface area contributed by atoms with Gasteiger partial charge in [-0.3, -0.25) is 14.6 Å². The van der Waals surface area contributed by atoms with Gasteiger partial charge in [0.15, 0.2) is 0 Å². The second-order valence-corrected chi connectivity index (χ2v) is 11.5. The number of hydrogen-bond donors (Lipinski definition) is 2. The minimum absolute atomic E-state index is 0.00512. The number of pyridine rings is 1. The van der Waals surface area contributed by atoms with Gasteiger partial charge in [0.2, 0.25) is 5.91 Å². The van der Waals surface area contributed by atoms with Crippen LogP contribution < -0.4 is 5.73 Å².